The molecule has 0 saturated carbocycles. The second-order valence-corrected chi connectivity index (χ2v) is 6.63. The van der Waals surface area contributed by atoms with Crippen LogP contribution in [-0.4, -0.2) is 42.1 Å². The Bertz CT molecular complexity index is 1060. The molecule has 8 heteroatoms. The third-order valence-electron chi connectivity index (χ3n) is 3.99. The van der Waals surface area contributed by atoms with Crippen LogP contribution in [0.4, 0.5) is 0 Å². The van der Waals surface area contributed by atoms with Crippen LogP contribution in [-0.2, 0) is 9.53 Å². The molecule has 2 aromatic carbocycles. The molecule has 0 amide bonds. The molecule has 3 aromatic rings. The summed E-state index contributed by atoms with van der Waals surface area (Å²) < 4.78 is 17.1. The minimum Gasteiger partial charge on any atom is -0.493 e. The van der Waals surface area contributed by atoms with Crippen molar-refractivity contribution in [3.63, 3.8) is 0 Å². The maximum Gasteiger partial charge on any atom is 0.316 e. The van der Waals surface area contributed by atoms with Crippen molar-refractivity contribution in [1.82, 2.24) is 9.55 Å². The second kappa shape index (κ2) is 8.79. The molecular formula is C20H20N2O5S. The highest BCUT2D eigenvalue weighted by Gasteiger charge is 2.16. The van der Waals surface area contributed by atoms with Crippen LogP contribution in [0.5, 0.6) is 11.5 Å². The number of methoxy groups -OCH3 is 2. The standard InChI is InChI=1S/C20H20N2O5S/c1-4-27-18(23)12-28-20-21-15-8-6-5-7-14(15)19(24)22(20)13-9-10-16(25-2)17(11-13)26-3/h5-11H,4,12H2,1-3H3. The van der Waals surface area contributed by atoms with Crippen LogP contribution in [0.15, 0.2) is 52.4 Å². The first-order valence-electron chi connectivity index (χ1n) is 8.61. The Balaban J connectivity index is 2.16. The number of hydrogen-bond acceptors (Lipinski definition) is 7. The van der Waals surface area contributed by atoms with Crippen LogP contribution in [0, 0.1) is 0 Å². The van der Waals surface area contributed by atoms with Crippen molar-refractivity contribution < 1.29 is 19.0 Å². The fraction of sp³-hybridized carbons (Fsp3) is 0.250. The minimum absolute atomic E-state index is 0.0475. The number of esters is 1. The zero-order chi connectivity index (χ0) is 20.1. The molecular weight excluding hydrogens is 380 g/mol. The van der Waals surface area contributed by atoms with Gasteiger partial charge in [-0.15, -0.1) is 0 Å². The summed E-state index contributed by atoms with van der Waals surface area (Å²) in [6.07, 6.45) is 0. The van der Waals surface area contributed by atoms with Crippen LogP contribution in [0.1, 0.15) is 6.92 Å². The molecule has 0 atom stereocenters. The zero-order valence-electron chi connectivity index (χ0n) is 15.8. The highest BCUT2D eigenvalue weighted by molar-refractivity contribution is 7.99. The Hall–Kier alpha value is -3.00. The van der Waals surface area contributed by atoms with E-state index in [-0.39, 0.29) is 17.3 Å². The summed E-state index contributed by atoms with van der Waals surface area (Å²) in [7, 11) is 3.07. The smallest absolute Gasteiger partial charge is 0.316 e. The monoisotopic (exact) mass is 400 g/mol. The number of ether oxygens (including phenoxy) is 3. The van der Waals surface area contributed by atoms with Crippen molar-refractivity contribution >= 4 is 28.6 Å². The van der Waals surface area contributed by atoms with Crippen molar-refractivity contribution in [3.05, 3.63) is 52.8 Å². The van der Waals surface area contributed by atoms with Gasteiger partial charge in [0.05, 0.1) is 43.2 Å². The van der Waals surface area contributed by atoms with Gasteiger partial charge in [-0.1, -0.05) is 23.9 Å². The van der Waals surface area contributed by atoms with Crippen LogP contribution < -0.4 is 15.0 Å². The largest absolute Gasteiger partial charge is 0.493 e. The molecule has 0 unspecified atom stereocenters. The van der Waals surface area contributed by atoms with Crippen LogP contribution in [0.2, 0.25) is 0 Å². The Morgan fingerprint density at radius 3 is 2.57 bits per heavy atom. The predicted molar refractivity (Wildman–Crippen MR) is 108 cm³/mol. The molecule has 0 radical (unpaired) electrons. The molecule has 0 bridgehead atoms. The third-order valence-corrected chi connectivity index (χ3v) is 4.91. The number of carbonyl (C=O) groups excluding carboxylic acids is 1. The van der Waals surface area contributed by atoms with E-state index in [9.17, 15) is 9.59 Å². The van der Waals surface area contributed by atoms with Gasteiger partial charge in [0.25, 0.3) is 5.56 Å². The van der Waals surface area contributed by atoms with E-state index in [1.54, 1.807) is 50.4 Å². The number of carbonyl (C=O) groups is 1. The van der Waals surface area contributed by atoms with E-state index >= 15 is 0 Å². The maximum atomic E-state index is 13.2. The minimum atomic E-state index is -0.367. The summed E-state index contributed by atoms with van der Waals surface area (Å²) >= 11 is 1.15. The van der Waals surface area contributed by atoms with E-state index in [4.69, 9.17) is 14.2 Å². The lowest BCUT2D eigenvalue weighted by Crippen LogP contribution is -2.22. The van der Waals surface area contributed by atoms with E-state index in [2.05, 4.69) is 4.98 Å². The molecule has 7 nitrogen and oxygen atoms in total. The lowest BCUT2D eigenvalue weighted by Gasteiger charge is -2.15. The highest BCUT2D eigenvalue weighted by Crippen LogP contribution is 2.30. The summed E-state index contributed by atoms with van der Waals surface area (Å²) in [6.45, 7) is 2.05. The van der Waals surface area contributed by atoms with Crippen molar-refractivity contribution in [2.24, 2.45) is 0 Å². The van der Waals surface area contributed by atoms with E-state index in [1.165, 1.54) is 11.7 Å². The summed E-state index contributed by atoms with van der Waals surface area (Å²) in [5.74, 6) is 0.718. The quantitative estimate of drug-likeness (QED) is 0.343. The Morgan fingerprint density at radius 2 is 1.86 bits per heavy atom. The Labute approximate surface area is 166 Å². The fourth-order valence-corrected chi connectivity index (χ4v) is 3.54. The first kappa shape index (κ1) is 19.8. The highest BCUT2D eigenvalue weighted by atomic mass is 32.2. The first-order valence-corrected chi connectivity index (χ1v) is 9.60. The van der Waals surface area contributed by atoms with Crippen molar-refractivity contribution in [3.8, 4) is 17.2 Å². The normalized spacial score (nSPS) is 10.7. The molecule has 28 heavy (non-hydrogen) atoms. The number of nitrogens with zero attached hydrogens (tertiary/aromatic N) is 2. The van der Waals surface area contributed by atoms with E-state index in [0.29, 0.717) is 39.9 Å². The van der Waals surface area contributed by atoms with Gasteiger partial charge in [0.1, 0.15) is 0 Å². The molecule has 1 aromatic heterocycles. The summed E-state index contributed by atoms with van der Waals surface area (Å²) in [4.78, 5) is 29.6. The molecule has 0 saturated heterocycles. The van der Waals surface area contributed by atoms with Gasteiger partial charge < -0.3 is 14.2 Å². The number of aromatic nitrogens is 2. The molecule has 0 aliphatic rings. The molecule has 1 heterocycles. The van der Waals surface area contributed by atoms with Crippen molar-refractivity contribution in [1.29, 1.82) is 0 Å². The van der Waals surface area contributed by atoms with Crippen molar-refractivity contribution in [2.45, 2.75) is 12.1 Å². The molecule has 0 aliphatic carbocycles. The average molecular weight is 400 g/mol. The number of para-hydroxylation sites is 1. The number of fused-ring (bicyclic) bond motifs is 1. The van der Waals surface area contributed by atoms with Gasteiger partial charge in [-0.3, -0.25) is 14.2 Å². The summed E-state index contributed by atoms with van der Waals surface area (Å²) in [6, 6.07) is 12.3. The molecule has 0 fully saturated rings. The van der Waals surface area contributed by atoms with E-state index < -0.39 is 0 Å². The van der Waals surface area contributed by atoms with Crippen LogP contribution >= 0.6 is 11.8 Å². The fourth-order valence-electron chi connectivity index (χ4n) is 2.73. The van der Waals surface area contributed by atoms with Gasteiger partial charge in [-0.2, -0.15) is 0 Å². The van der Waals surface area contributed by atoms with Gasteiger partial charge in [-0.25, -0.2) is 4.98 Å². The van der Waals surface area contributed by atoms with Gasteiger partial charge >= 0.3 is 5.97 Å². The molecule has 0 aliphatic heterocycles. The molecule has 146 valence electrons. The van der Waals surface area contributed by atoms with E-state index in [1.807, 2.05) is 6.07 Å². The molecule has 0 spiro atoms. The number of benzene rings is 2. The Kier molecular flexibility index (Phi) is 6.20. The maximum absolute atomic E-state index is 13.2. The van der Waals surface area contributed by atoms with Crippen LogP contribution in [0.3, 0.4) is 0 Å². The summed E-state index contributed by atoms with van der Waals surface area (Å²) in [5, 5.41) is 0.877. The number of rotatable bonds is 7. The van der Waals surface area contributed by atoms with Gasteiger partial charge in [0, 0.05) is 6.07 Å². The van der Waals surface area contributed by atoms with Gasteiger partial charge in [-0.05, 0) is 31.2 Å². The van der Waals surface area contributed by atoms with Gasteiger partial charge in [0.2, 0.25) is 0 Å². The zero-order valence-corrected chi connectivity index (χ0v) is 16.6. The first-order chi connectivity index (χ1) is 13.6. The van der Waals surface area contributed by atoms with Crippen LogP contribution in [0.25, 0.3) is 16.6 Å². The van der Waals surface area contributed by atoms with Gasteiger partial charge in [0.15, 0.2) is 16.7 Å². The second-order valence-electron chi connectivity index (χ2n) is 5.69. The predicted octanol–water partition coefficient (Wildman–Crippen LogP) is 3.06. The number of thioether (sulfide) groups is 1. The molecule has 3 rings (SSSR count). The van der Waals surface area contributed by atoms with E-state index in [0.717, 1.165) is 11.8 Å². The number of hydrogen-bond donors (Lipinski definition) is 0. The Morgan fingerprint density at radius 1 is 1.11 bits per heavy atom. The summed E-state index contributed by atoms with van der Waals surface area (Å²) in [5.41, 5.74) is 0.895. The topological polar surface area (TPSA) is 79.7 Å². The van der Waals surface area contributed by atoms with Crippen molar-refractivity contribution in [2.75, 3.05) is 26.6 Å². The molecule has 0 N–H and O–H groups in total. The average Bonchev–Trinajstić information content (AvgIpc) is 2.72. The lowest BCUT2D eigenvalue weighted by atomic mass is 10.2. The lowest BCUT2D eigenvalue weighted by molar-refractivity contribution is -0.139. The SMILES string of the molecule is CCOC(=O)CSc1nc2ccccc2c(=O)n1-c1ccc(OC)c(OC)c1. The third kappa shape index (κ3) is 3.96.